The van der Waals surface area contributed by atoms with Crippen molar-refractivity contribution in [2.75, 3.05) is 0 Å². The second-order valence-corrected chi connectivity index (χ2v) is 17.3. The smallest absolute Gasteiger partial charge is 0.103 e. The molecular formula is C20H30Si2. The highest BCUT2D eigenvalue weighted by molar-refractivity contribution is 7.00. The van der Waals surface area contributed by atoms with Crippen LogP contribution in [-0.4, -0.2) is 16.1 Å². The van der Waals surface area contributed by atoms with Gasteiger partial charge in [-0.25, -0.2) is 0 Å². The van der Waals surface area contributed by atoms with E-state index in [4.69, 9.17) is 0 Å². The third kappa shape index (κ3) is 6.16. The summed E-state index contributed by atoms with van der Waals surface area (Å²) in [7, 11) is -2.23. The normalized spacial score (nSPS) is 11.3. The summed E-state index contributed by atoms with van der Waals surface area (Å²) in [4.78, 5) is 0. The molecule has 0 saturated carbocycles. The lowest BCUT2D eigenvalue weighted by molar-refractivity contribution is 1.52. The Morgan fingerprint density at radius 1 is 0.727 bits per heavy atom. The molecule has 0 aromatic heterocycles. The third-order valence-electron chi connectivity index (χ3n) is 3.75. The van der Waals surface area contributed by atoms with Crippen molar-refractivity contribution < 1.29 is 0 Å². The lowest BCUT2D eigenvalue weighted by Crippen LogP contribution is -2.52. The maximum Gasteiger partial charge on any atom is 0.112 e. The van der Waals surface area contributed by atoms with Gasteiger partial charge in [-0.15, -0.1) is 6.58 Å². The van der Waals surface area contributed by atoms with Gasteiger partial charge in [-0.05, 0) is 6.04 Å². The van der Waals surface area contributed by atoms with E-state index in [1.165, 1.54) is 16.4 Å². The molecule has 0 atom stereocenters. The summed E-state index contributed by atoms with van der Waals surface area (Å²) >= 11 is 0. The Bertz CT molecular complexity index is 510. The first-order chi connectivity index (χ1) is 10.3. The highest BCUT2D eigenvalue weighted by Gasteiger charge is 2.24. The van der Waals surface area contributed by atoms with E-state index in [-0.39, 0.29) is 0 Å². The number of hydrogen-bond acceptors (Lipinski definition) is 0. The highest BCUT2D eigenvalue weighted by Crippen LogP contribution is 2.06. The molecule has 0 amide bonds. The van der Waals surface area contributed by atoms with Crippen LogP contribution in [0.2, 0.25) is 38.8 Å². The van der Waals surface area contributed by atoms with Crippen molar-refractivity contribution in [3.05, 3.63) is 73.3 Å². The van der Waals surface area contributed by atoms with Crippen molar-refractivity contribution in [3.63, 3.8) is 0 Å². The van der Waals surface area contributed by atoms with Gasteiger partial charge in [-0.3, -0.25) is 0 Å². The topological polar surface area (TPSA) is 0 Å². The minimum atomic E-state index is -1.46. The van der Waals surface area contributed by atoms with Gasteiger partial charge in [0.1, 0.15) is 8.07 Å². The first-order valence-electron chi connectivity index (χ1n) is 7.99. The maximum atomic E-state index is 3.68. The lowest BCUT2D eigenvalue weighted by atomic mass is 10.4. The average Bonchev–Trinajstić information content (AvgIpc) is 2.48. The molecule has 0 saturated heterocycles. The molecule has 0 aliphatic heterocycles. The molecule has 2 aromatic rings. The molecule has 0 bridgehead atoms. The Balaban J connectivity index is 0.000000295. The van der Waals surface area contributed by atoms with Crippen molar-refractivity contribution in [1.82, 2.24) is 0 Å². The van der Waals surface area contributed by atoms with Crippen molar-refractivity contribution in [2.24, 2.45) is 0 Å². The highest BCUT2D eigenvalue weighted by atomic mass is 28.3. The van der Waals surface area contributed by atoms with Gasteiger partial charge in [0.15, 0.2) is 0 Å². The van der Waals surface area contributed by atoms with Crippen molar-refractivity contribution in [3.8, 4) is 0 Å². The summed E-state index contributed by atoms with van der Waals surface area (Å²) in [6.07, 6.45) is 2.02. The summed E-state index contributed by atoms with van der Waals surface area (Å²) in [6.45, 7) is 15.5. The fourth-order valence-electron chi connectivity index (χ4n) is 2.31. The Hall–Kier alpha value is -1.39. The van der Waals surface area contributed by atoms with E-state index in [1.54, 1.807) is 0 Å². The Morgan fingerprint density at radius 3 is 1.32 bits per heavy atom. The van der Waals surface area contributed by atoms with Crippen LogP contribution in [0.25, 0.3) is 0 Å². The maximum absolute atomic E-state index is 3.68. The second-order valence-electron chi connectivity index (χ2n) is 7.41. The molecule has 2 heteroatoms. The zero-order valence-corrected chi connectivity index (χ0v) is 16.8. The monoisotopic (exact) mass is 326 g/mol. The molecule has 0 N–H and O–H groups in total. The van der Waals surface area contributed by atoms with Gasteiger partial charge in [0.05, 0.1) is 0 Å². The Kier molecular flexibility index (Phi) is 7.04. The fraction of sp³-hybridized carbons (Fsp3) is 0.300. The molecule has 0 fully saturated rings. The number of benzene rings is 2. The molecule has 0 heterocycles. The van der Waals surface area contributed by atoms with E-state index in [0.29, 0.717) is 0 Å². The van der Waals surface area contributed by atoms with E-state index in [1.807, 2.05) is 6.08 Å². The molecule has 0 nitrogen and oxygen atoms in total. The van der Waals surface area contributed by atoms with Gasteiger partial charge in [-0.1, -0.05) is 110 Å². The lowest BCUT2D eigenvalue weighted by Gasteiger charge is -2.23. The van der Waals surface area contributed by atoms with Crippen LogP contribution < -0.4 is 10.4 Å². The van der Waals surface area contributed by atoms with E-state index in [9.17, 15) is 0 Å². The zero-order valence-electron chi connectivity index (χ0n) is 14.8. The minimum absolute atomic E-state index is 0.775. The molecule has 0 aliphatic carbocycles. The Morgan fingerprint density at radius 2 is 1.09 bits per heavy atom. The molecule has 0 spiro atoms. The SMILES string of the molecule is C=CC[Si](C)(C)C.C[Si](C)(c1ccccc1)c1ccccc1. The summed E-state index contributed by atoms with van der Waals surface area (Å²) in [5.74, 6) is 0. The van der Waals surface area contributed by atoms with Crippen molar-refractivity contribution in [1.29, 1.82) is 0 Å². The summed E-state index contributed by atoms with van der Waals surface area (Å²) in [5, 5.41) is 2.99. The van der Waals surface area contributed by atoms with Gasteiger partial charge in [0, 0.05) is 8.07 Å². The Labute approximate surface area is 138 Å². The number of allylic oxidation sites excluding steroid dienone is 1. The van der Waals surface area contributed by atoms with Crippen LogP contribution in [0, 0.1) is 0 Å². The predicted octanol–water partition coefficient (Wildman–Crippen LogP) is 5.02. The second kappa shape index (κ2) is 8.30. The first-order valence-corrected chi connectivity index (χ1v) is 14.7. The molecule has 2 rings (SSSR count). The van der Waals surface area contributed by atoms with Crippen molar-refractivity contribution in [2.45, 2.75) is 38.8 Å². The molecule has 0 aliphatic rings. The number of hydrogen-bond donors (Lipinski definition) is 0. The van der Waals surface area contributed by atoms with E-state index >= 15 is 0 Å². The van der Waals surface area contributed by atoms with Crippen LogP contribution in [0.4, 0.5) is 0 Å². The quantitative estimate of drug-likeness (QED) is 0.546. The largest absolute Gasteiger partial charge is 0.112 e. The van der Waals surface area contributed by atoms with Crippen LogP contribution in [0.3, 0.4) is 0 Å². The van der Waals surface area contributed by atoms with Gasteiger partial charge in [-0.2, -0.15) is 0 Å². The molecule has 0 unspecified atom stereocenters. The summed E-state index contributed by atoms with van der Waals surface area (Å²) in [6, 6.07) is 22.9. The van der Waals surface area contributed by atoms with E-state index < -0.39 is 16.1 Å². The van der Waals surface area contributed by atoms with Crippen molar-refractivity contribution >= 4 is 26.5 Å². The van der Waals surface area contributed by atoms with Gasteiger partial charge < -0.3 is 0 Å². The standard InChI is InChI=1S/C14H16Si.C6H14Si/c1-15(2,13-9-5-3-6-10-13)14-11-7-4-8-12-14;1-5-6-7(2,3)4/h3-12H,1-2H3;5H,1,6H2,2-4H3. The van der Waals surface area contributed by atoms with Crippen LogP contribution in [0.15, 0.2) is 73.3 Å². The third-order valence-corrected chi connectivity index (χ3v) is 8.81. The summed E-state index contributed by atoms with van der Waals surface area (Å²) in [5.41, 5.74) is 0. The van der Waals surface area contributed by atoms with Crippen LogP contribution >= 0.6 is 0 Å². The molecule has 0 radical (unpaired) electrons. The summed E-state index contributed by atoms with van der Waals surface area (Å²) < 4.78 is 0. The van der Waals surface area contributed by atoms with Crippen LogP contribution in [0.5, 0.6) is 0 Å². The fourth-order valence-corrected chi connectivity index (χ4v) is 5.56. The predicted molar refractivity (Wildman–Crippen MR) is 108 cm³/mol. The number of rotatable bonds is 4. The minimum Gasteiger partial charge on any atom is -0.103 e. The van der Waals surface area contributed by atoms with Gasteiger partial charge in [0.2, 0.25) is 0 Å². The van der Waals surface area contributed by atoms with Crippen LogP contribution in [-0.2, 0) is 0 Å². The molecular weight excluding hydrogens is 296 g/mol. The van der Waals surface area contributed by atoms with E-state index in [0.717, 1.165) is 0 Å². The zero-order chi connectivity index (χ0) is 16.6. The first kappa shape index (κ1) is 18.7. The average molecular weight is 327 g/mol. The molecule has 2 aromatic carbocycles. The van der Waals surface area contributed by atoms with Crippen LogP contribution in [0.1, 0.15) is 0 Å². The van der Waals surface area contributed by atoms with E-state index in [2.05, 4.69) is 100.0 Å². The molecule has 22 heavy (non-hydrogen) atoms. The van der Waals surface area contributed by atoms with Gasteiger partial charge >= 0.3 is 0 Å². The molecule has 118 valence electrons. The van der Waals surface area contributed by atoms with Gasteiger partial charge in [0.25, 0.3) is 0 Å².